The van der Waals surface area contributed by atoms with E-state index in [4.69, 9.17) is 4.98 Å². The van der Waals surface area contributed by atoms with Crippen molar-refractivity contribution >= 4 is 23.5 Å². The van der Waals surface area contributed by atoms with Gasteiger partial charge in [-0.25, -0.2) is 9.78 Å². The molecular weight excluding hydrogens is 516 g/mol. The Bertz CT molecular complexity index is 1560. The van der Waals surface area contributed by atoms with Crippen LogP contribution in [-0.4, -0.2) is 49.3 Å². The average molecular weight is 555 g/mol. The Kier molecular flexibility index (Phi) is 8.76. The Balaban J connectivity index is 1.48. The topological polar surface area (TPSA) is 104 Å². The second kappa shape index (κ2) is 12.2. The molecule has 0 saturated carbocycles. The summed E-state index contributed by atoms with van der Waals surface area (Å²) in [5, 5.41) is 13.0. The van der Waals surface area contributed by atoms with Gasteiger partial charge in [0.1, 0.15) is 5.82 Å². The minimum atomic E-state index is -0.936. The van der Waals surface area contributed by atoms with Gasteiger partial charge in [-0.05, 0) is 62.9 Å². The fourth-order valence-corrected chi connectivity index (χ4v) is 4.69. The highest BCUT2D eigenvalue weighted by molar-refractivity contribution is 5.70. The number of pyridine rings is 1. The van der Waals surface area contributed by atoms with Crippen molar-refractivity contribution in [2.75, 3.05) is 17.3 Å². The van der Waals surface area contributed by atoms with Crippen LogP contribution in [0.15, 0.2) is 83.9 Å². The molecule has 2 aromatic heterocycles. The van der Waals surface area contributed by atoms with Crippen LogP contribution in [0.4, 0.5) is 22.2 Å². The molecule has 9 heteroatoms. The lowest BCUT2D eigenvalue weighted by Crippen LogP contribution is -2.44. The molecule has 4 rings (SSSR count). The van der Waals surface area contributed by atoms with Crippen molar-refractivity contribution in [3.05, 3.63) is 101 Å². The van der Waals surface area contributed by atoms with Crippen LogP contribution in [-0.2, 0) is 20.0 Å². The number of aromatic nitrogens is 3. The summed E-state index contributed by atoms with van der Waals surface area (Å²) in [5.41, 5.74) is 3.78. The van der Waals surface area contributed by atoms with Crippen molar-refractivity contribution in [3.63, 3.8) is 0 Å². The number of aryl methyl sites for hydroxylation is 1. The summed E-state index contributed by atoms with van der Waals surface area (Å²) in [6.45, 7) is 8.06. The predicted molar refractivity (Wildman–Crippen MR) is 164 cm³/mol. The molecule has 0 radical (unpaired) electrons. The second-order valence-corrected chi connectivity index (χ2v) is 11.3. The summed E-state index contributed by atoms with van der Waals surface area (Å²) in [6, 6.07) is 21.4. The molecule has 214 valence electrons. The molecule has 1 unspecified atom stereocenters. The number of nitrogens with zero attached hydrogens (tertiary/aromatic N) is 5. The fraction of sp³-hybridized carbons (Fsp3) is 0.312. The van der Waals surface area contributed by atoms with Crippen molar-refractivity contribution < 1.29 is 9.90 Å². The third-order valence-electron chi connectivity index (χ3n) is 6.92. The summed E-state index contributed by atoms with van der Waals surface area (Å²) < 4.78 is 1.59. The monoisotopic (exact) mass is 554 g/mol. The number of hydrogen-bond donors (Lipinski definition) is 2. The third-order valence-corrected chi connectivity index (χ3v) is 6.92. The minimum absolute atomic E-state index is 0.0197. The van der Waals surface area contributed by atoms with Crippen LogP contribution < -0.4 is 15.8 Å². The van der Waals surface area contributed by atoms with Gasteiger partial charge >= 0.3 is 6.09 Å². The molecule has 0 bridgehead atoms. The molecule has 0 aliphatic heterocycles. The first-order chi connectivity index (χ1) is 19.4. The van der Waals surface area contributed by atoms with Gasteiger partial charge in [0.2, 0.25) is 5.95 Å². The zero-order valence-electron chi connectivity index (χ0n) is 24.5. The van der Waals surface area contributed by atoms with Crippen molar-refractivity contribution in [3.8, 4) is 11.1 Å². The first-order valence-corrected chi connectivity index (χ1v) is 13.6. The molecule has 2 N–H and O–H groups in total. The molecule has 1 atom stereocenters. The van der Waals surface area contributed by atoms with Gasteiger partial charge < -0.3 is 19.9 Å². The Morgan fingerprint density at radius 1 is 1.05 bits per heavy atom. The maximum absolute atomic E-state index is 12.8. The van der Waals surface area contributed by atoms with Gasteiger partial charge in [-0.3, -0.25) is 9.69 Å². The number of carboxylic acid groups (broad SMARTS) is 1. The fourth-order valence-electron chi connectivity index (χ4n) is 4.69. The maximum atomic E-state index is 12.8. The predicted octanol–water partition coefficient (Wildman–Crippen LogP) is 5.93. The summed E-state index contributed by atoms with van der Waals surface area (Å²) in [7, 11) is 3.66. The van der Waals surface area contributed by atoms with E-state index in [9.17, 15) is 14.7 Å². The summed E-state index contributed by atoms with van der Waals surface area (Å²) in [5.74, 6) is 1.18. The van der Waals surface area contributed by atoms with Gasteiger partial charge in [0.05, 0.1) is 5.69 Å². The molecule has 41 heavy (non-hydrogen) atoms. The normalized spacial score (nSPS) is 12.0. The second-order valence-electron chi connectivity index (χ2n) is 11.3. The van der Waals surface area contributed by atoms with E-state index in [-0.39, 0.29) is 11.6 Å². The smallest absolute Gasteiger partial charge is 0.408 e. The van der Waals surface area contributed by atoms with Crippen LogP contribution in [0.5, 0.6) is 0 Å². The highest BCUT2D eigenvalue weighted by atomic mass is 16.4. The maximum Gasteiger partial charge on any atom is 0.408 e. The summed E-state index contributed by atoms with van der Waals surface area (Å²) >= 11 is 0. The number of hydrogen-bond acceptors (Lipinski definition) is 6. The third kappa shape index (κ3) is 7.30. The van der Waals surface area contributed by atoms with E-state index < -0.39 is 11.6 Å². The van der Waals surface area contributed by atoms with E-state index in [1.165, 1.54) is 4.90 Å². The van der Waals surface area contributed by atoms with E-state index in [0.29, 0.717) is 30.3 Å². The molecular formula is C32H38N6O3. The van der Waals surface area contributed by atoms with Crippen LogP contribution in [0, 0.1) is 0 Å². The minimum Gasteiger partial charge on any atom is -0.465 e. The molecule has 0 spiro atoms. The quantitative estimate of drug-likeness (QED) is 0.264. The van der Waals surface area contributed by atoms with Crippen LogP contribution in [0.25, 0.3) is 11.1 Å². The number of anilines is 3. The van der Waals surface area contributed by atoms with Crippen LogP contribution in [0.2, 0.25) is 0 Å². The highest BCUT2D eigenvalue weighted by Gasteiger charge is 2.26. The molecule has 0 saturated heterocycles. The van der Waals surface area contributed by atoms with Gasteiger partial charge in [-0.15, -0.1) is 0 Å². The lowest BCUT2D eigenvalue weighted by atomic mass is 10.0. The molecule has 2 heterocycles. The first kappa shape index (κ1) is 29.3. The molecule has 9 nitrogen and oxygen atoms in total. The van der Waals surface area contributed by atoms with E-state index in [2.05, 4.69) is 23.3 Å². The van der Waals surface area contributed by atoms with E-state index in [0.717, 1.165) is 22.4 Å². The highest BCUT2D eigenvalue weighted by Crippen LogP contribution is 2.26. The van der Waals surface area contributed by atoms with Gasteiger partial charge in [0.25, 0.3) is 5.56 Å². The molecule has 1 amide bonds. The summed E-state index contributed by atoms with van der Waals surface area (Å²) in [4.78, 5) is 37.1. The summed E-state index contributed by atoms with van der Waals surface area (Å²) in [6.07, 6.45) is 3.28. The zero-order valence-corrected chi connectivity index (χ0v) is 24.5. The van der Waals surface area contributed by atoms with E-state index in [1.54, 1.807) is 24.0 Å². The molecule has 2 aromatic carbocycles. The van der Waals surface area contributed by atoms with Gasteiger partial charge in [-0.1, -0.05) is 54.6 Å². The van der Waals surface area contributed by atoms with Crippen LogP contribution in [0.3, 0.4) is 0 Å². The van der Waals surface area contributed by atoms with Gasteiger partial charge in [0, 0.05) is 50.2 Å². The lowest BCUT2D eigenvalue weighted by Gasteiger charge is -2.33. The van der Waals surface area contributed by atoms with E-state index in [1.807, 2.05) is 93.4 Å². The largest absolute Gasteiger partial charge is 0.465 e. The SMILES string of the molecule is CC(Cc1cccc(CN(C(=O)O)C(C)(C)C)c1)Nc1nccc(N(C)c2cc(-c3ccccc3)c(=O)n(C)c2)n1. The Hall–Kier alpha value is -4.66. The Morgan fingerprint density at radius 3 is 2.44 bits per heavy atom. The van der Waals surface area contributed by atoms with Gasteiger partial charge in [-0.2, -0.15) is 4.98 Å². The number of nitrogens with one attached hydrogen (secondary N) is 1. The number of benzene rings is 2. The molecule has 0 aliphatic rings. The van der Waals surface area contributed by atoms with Crippen molar-refractivity contribution in [2.24, 2.45) is 7.05 Å². The van der Waals surface area contributed by atoms with Gasteiger partial charge in [0.15, 0.2) is 0 Å². The standard InChI is InChI=1S/C32H38N6O3/c1-22(17-23-11-10-12-24(18-23)20-38(31(40)41)32(2,3)4)34-30-33-16-15-28(35-30)37(6)26-19-27(29(39)36(5)21-26)25-13-8-7-9-14-25/h7-16,18-19,21-22H,17,20H2,1-6H3,(H,40,41)(H,33,34,35). The van der Waals surface area contributed by atoms with Crippen molar-refractivity contribution in [1.29, 1.82) is 0 Å². The van der Waals surface area contributed by atoms with Crippen LogP contribution >= 0.6 is 0 Å². The average Bonchev–Trinajstić information content (AvgIpc) is 2.92. The van der Waals surface area contributed by atoms with E-state index >= 15 is 0 Å². The van der Waals surface area contributed by atoms with Crippen LogP contribution in [0.1, 0.15) is 38.8 Å². The zero-order chi connectivity index (χ0) is 29.7. The molecule has 4 aromatic rings. The lowest BCUT2D eigenvalue weighted by molar-refractivity contribution is 0.0955. The first-order valence-electron chi connectivity index (χ1n) is 13.6. The Morgan fingerprint density at radius 2 is 1.76 bits per heavy atom. The number of rotatable bonds is 9. The number of carbonyl (C=O) groups is 1. The molecule has 0 aliphatic carbocycles. The van der Waals surface area contributed by atoms with Crippen molar-refractivity contribution in [2.45, 2.75) is 52.2 Å². The Labute approximate surface area is 241 Å². The van der Waals surface area contributed by atoms with Crippen molar-refractivity contribution in [1.82, 2.24) is 19.4 Å². The molecule has 0 fully saturated rings. The number of amides is 1.